The van der Waals surface area contributed by atoms with Crippen LogP contribution in [0.1, 0.15) is 32.6 Å². The summed E-state index contributed by atoms with van der Waals surface area (Å²) in [5.41, 5.74) is 3.14. The van der Waals surface area contributed by atoms with Crippen molar-refractivity contribution in [3.05, 3.63) is 41.2 Å². The number of H-pyrrole nitrogens is 1. The number of hydrogen-bond acceptors (Lipinski definition) is 9. The van der Waals surface area contributed by atoms with Crippen LogP contribution in [0, 0.1) is 6.92 Å². The Hall–Kier alpha value is -1.04. The lowest BCUT2D eigenvalue weighted by molar-refractivity contribution is -0.0588. The molecule has 180 valence electrons. The van der Waals surface area contributed by atoms with E-state index in [0.717, 1.165) is 4.57 Å². The summed E-state index contributed by atoms with van der Waals surface area (Å²) < 4.78 is 44.3. The van der Waals surface area contributed by atoms with E-state index in [1.165, 1.54) is 13.1 Å². The normalized spacial score (nSPS) is 30.4. The molecule has 1 spiro atoms. The van der Waals surface area contributed by atoms with E-state index >= 15 is 0 Å². The summed E-state index contributed by atoms with van der Waals surface area (Å²) in [5, 5.41) is 9.80. The molecule has 11 nitrogen and oxygen atoms in total. The minimum Gasteiger partial charge on any atom is -0.406 e. The van der Waals surface area contributed by atoms with E-state index in [2.05, 4.69) is 4.98 Å². The monoisotopic (exact) mass is 601 g/mol. The Labute approximate surface area is 200 Å². The maximum absolute atomic E-state index is 12.7. The Morgan fingerprint density at radius 1 is 1.38 bits per heavy atom. The highest BCUT2D eigenvalue weighted by atomic mass is 127. The predicted octanol–water partition coefficient (Wildman–Crippen LogP) is 0.787. The van der Waals surface area contributed by atoms with Gasteiger partial charge >= 0.3 is 15.8 Å². The fraction of sp³-hybridized carbons (Fsp3) is 0.667. The lowest BCUT2D eigenvalue weighted by Gasteiger charge is -2.43. The van der Waals surface area contributed by atoms with Gasteiger partial charge in [-0.3, -0.25) is 14.3 Å². The molecule has 2 aliphatic rings. The highest BCUT2D eigenvalue weighted by Crippen LogP contribution is 2.53. The van der Waals surface area contributed by atoms with Crippen LogP contribution in [0.5, 0.6) is 0 Å². The maximum atomic E-state index is 12.7. The van der Waals surface area contributed by atoms with Crippen molar-refractivity contribution in [1.82, 2.24) is 9.55 Å². The van der Waals surface area contributed by atoms with E-state index in [0.29, 0.717) is 0 Å². The van der Waals surface area contributed by atoms with Crippen LogP contribution in [-0.4, -0.2) is 55.8 Å². The van der Waals surface area contributed by atoms with Crippen LogP contribution in [0.4, 0.5) is 0 Å². The lowest BCUT2D eigenvalue weighted by Crippen LogP contribution is -2.58. The van der Waals surface area contributed by atoms with Crippen LogP contribution in [0.2, 0.25) is 18.1 Å². The summed E-state index contributed by atoms with van der Waals surface area (Å²) >= 11 is 1.57. The predicted molar refractivity (Wildman–Crippen MR) is 127 cm³/mol. The summed E-state index contributed by atoms with van der Waals surface area (Å²) in [6.07, 6.45) is -2.37. The first-order valence-corrected chi connectivity index (χ1v) is 15.3. The molecule has 1 aromatic heterocycles. The number of nitrogens with two attached hydrogens (primary N) is 1. The number of halogens is 1. The SMILES string of the molecule is Cc1cn([C@@H]2O[C@H](CO)[C@@]3(OS(=O)(=O)C(I)=C3N)[C@H]2O[Si](C)(C)C(C)(C)C)c(=O)[nH]c1=O. The van der Waals surface area contributed by atoms with E-state index in [9.17, 15) is 23.1 Å². The van der Waals surface area contributed by atoms with Gasteiger partial charge in [-0.25, -0.2) is 8.98 Å². The smallest absolute Gasteiger partial charge is 0.330 e. The molecule has 4 N–H and O–H groups in total. The number of hydrogen-bond donors (Lipinski definition) is 3. The van der Waals surface area contributed by atoms with Gasteiger partial charge in [0.1, 0.15) is 12.2 Å². The molecule has 32 heavy (non-hydrogen) atoms. The molecule has 1 fully saturated rings. The maximum Gasteiger partial charge on any atom is 0.330 e. The van der Waals surface area contributed by atoms with E-state index in [1.54, 1.807) is 22.6 Å². The summed E-state index contributed by atoms with van der Waals surface area (Å²) in [6.45, 7) is 10.7. The van der Waals surface area contributed by atoms with Gasteiger partial charge in [-0.1, -0.05) is 20.8 Å². The Morgan fingerprint density at radius 3 is 2.44 bits per heavy atom. The third kappa shape index (κ3) is 3.82. The average molecular weight is 601 g/mol. The topological polar surface area (TPSA) is 163 Å². The third-order valence-corrected chi connectivity index (χ3v) is 14.2. The van der Waals surface area contributed by atoms with Crippen molar-refractivity contribution in [3.63, 3.8) is 0 Å². The minimum atomic E-state index is -4.22. The number of aliphatic hydroxyl groups excluding tert-OH is 1. The van der Waals surface area contributed by atoms with Crippen molar-refractivity contribution in [1.29, 1.82) is 0 Å². The molecule has 0 unspecified atom stereocenters. The van der Waals surface area contributed by atoms with Gasteiger partial charge in [-0.15, -0.1) is 0 Å². The van der Waals surface area contributed by atoms with Crippen molar-refractivity contribution in [3.8, 4) is 0 Å². The van der Waals surface area contributed by atoms with Gasteiger partial charge in [-0.2, -0.15) is 8.42 Å². The number of nitrogens with zero attached hydrogens (tertiary/aromatic N) is 1. The molecule has 0 radical (unpaired) electrons. The molecule has 4 atom stereocenters. The highest BCUT2D eigenvalue weighted by molar-refractivity contribution is 14.1. The van der Waals surface area contributed by atoms with Crippen molar-refractivity contribution in [2.45, 2.75) is 69.9 Å². The summed E-state index contributed by atoms with van der Waals surface area (Å²) in [6, 6.07) is 0. The van der Waals surface area contributed by atoms with Crippen molar-refractivity contribution >= 4 is 41.0 Å². The fourth-order valence-electron chi connectivity index (χ4n) is 3.52. The molecule has 0 aliphatic carbocycles. The molecule has 1 aromatic rings. The van der Waals surface area contributed by atoms with Gasteiger partial charge in [0.15, 0.2) is 23.1 Å². The van der Waals surface area contributed by atoms with Gasteiger partial charge in [0.05, 0.1) is 12.3 Å². The molecule has 0 saturated carbocycles. The number of nitrogens with one attached hydrogen (secondary N) is 1. The van der Waals surface area contributed by atoms with E-state index in [1.807, 2.05) is 33.9 Å². The molecular weight excluding hydrogens is 573 g/mol. The summed E-state index contributed by atoms with van der Waals surface area (Å²) in [5.74, 6) is 0. The van der Waals surface area contributed by atoms with Crippen LogP contribution in [0.15, 0.2) is 24.4 Å². The summed E-state index contributed by atoms with van der Waals surface area (Å²) in [4.78, 5) is 26.8. The Balaban J connectivity index is 2.29. The molecule has 0 aromatic carbocycles. The molecule has 2 aliphatic heterocycles. The molecule has 3 rings (SSSR count). The van der Waals surface area contributed by atoms with Crippen molar-refractivity contribution in [2.24, 2.45) is 5.73 Å². The van der Waals surface area contributed by atoms with Crippen LogP contribution >= 0.6 is 22.6 Å². The van der Waals surface area contributed by atoms with Crippen LogP contribution in [0.25, 0.3) is 0 Å². The van der Waals surface area contributed by atoms with Crippen LogP contribution in [-0.2, 0) is 23.5 Å². The largest absolute Gasteiger partial charge is 0.406 e. The molecule has 1 saturated heterocycles. The van der Waals surface area contributed by atoms with E-state index in [-0.39, 0.29) is 19.2 Å². The van der Waals surface area contributed by atoms with Crippen molar-refractivity contribution in [2.75, 3.05) is 6.61 Å². The van der Waals surface area contributed by atoms with Gasteiger partial charge in [-0.05, 0) is 47.6 Å². The molecular formula is C18H28IN3O8SSi. The van der Waals surface area contributed by atoms with Crippen molar-refractivity contribution < 1.29 is 26.9 Å². The highest BCUT2D eigenvalue weighted by Gasteiger charge is 2.68. The standard InChI is InChI=1S/C18H28IN3O8SSi/c1-9-7-22(16(25)21-14(9)24)15-12(29-32(5,6)17(2,3)4)18(10(8-23)28-15)11(20)13(19)31(26,27)30-18/h7,10,12,15,23H,8,20H2,1-6H3,(H,21,24,25)/t10-,12+,15-,18+/m1/s1. The second kappa shape index (κ2) is 8.02. The van der Waals surface area contributed by atoms with E-state index in [4.69, 9.17) is 19.1 Å². The Bertz CT molecular complexity index is 1190. The average Bonchev–Trinajstić information content (AvgIpc) is 3.04. The number of aromatic amines is 1. The van der Waals surface area contributed by atoms with E-state index < -0.39 is 60.3 Å². The van der Waals surface area contributed by atoms with Crippen LogP contribution in [0.3, 0.4) is 0 Å². The first-order valence-electron chi connectivity index (χ1n) is 9.87. The number of aromatic nitrogens is 2. The number of aliphatic hydroxyl groups is 1. The lowest BCUT2D eigenvalue weighted by atomic mass is 9.89. The molecule has 14 heteroatoms. The minimum absolute atomic E-state index is 0.155. The quantitative estimate of drug-likeness (QED) is 0.257. The third-order valence-electron chi connectivity index (χ3n) is 6.38. The van der Waals surface area contributed by atoms with Gasteiger partial charge < -0.3 is 20.0 Å². The van der Waals surface area contributed by atoms with Gasteiger partial charge in [0.25, 0.3) is 5.56 Å². The van der Waals surface area contributed by atoms with Gasteiger partial charge in [0.2, 0.25) is 0 Å². The second-order valence-corrected chi connectivity index (χ2v) is 17.5. The Morgan fingerprint density at radius 2 is 1.97 bits per heavy atom. The number of ether oxygens (including phenoxy) is 1. The van der Waals surface area contributed by atoms with Gasteiger partial charge in [0, 0.05) is 11.8 Å². The zero-order valence-corrected chi connectivity index (χ0v) is 22.6. The number of rotatable bonds is 4. The molecule has 0 amide bonds. The molecule has 3 heterocycles. The number of aryl methyl sites for hydroxylation is 1. The Kier molecular flexibility index (Phi) is 6.41. The first-order chi connectivity index (χ1) is 14.5. The zero-order valence-electron chi connectivity index (χ0n) is 18.6. The fourth-order valence-corrected chi connectivity index (χ4v) is 6.65. The first kappa shape index (κ1) is 25.6. The molecule has 0 bridgehead atoms. The second-order valence-electron chi connectivity index (χ2n) is 9.49. The summed E-state index contributed by atoms with van der Waals surface area (Å²) in [7, 11) is -6.85. The zero-order chi connectivity index (χ0) is 24.4. The van der Waals surface area contributed by atoms with Crippen LogP contribution < -0.4 is 17.0 Å².